The predicted molar refractivity (Wildman–Crippen MR) is 307 cm³/mol. The lowest BCUT2D eigenvalue weighted by molar-refractivity contribution is -0.870. The van der Waals surface area contributed by atoms with Gasteiger partial charge in [-0.05, 0) is 51.4 Å². The number of carbonyl (C=O) groups excluding carboxylic acids is 1. The Morgan fingerprint density at radius 2 is 0.817 bits per heavy atom. The number of aliphatic hydroxyl groups excluding tert-OH is 1. The van der Waals surface area contributed by atoms with Crippen LogP contribution in [0.2, 0.25) is 0 Å². The lowest BCUT2D eigenvalue weighted by atomic mass is 10.0. The second-order valence-corrected chi connectivity index (χ2v) is 23.8. The SMILES string of the molecule is CCCCCCC/C=C\C/C=C\CCCCCCCCCCCCCCCCCCCCCCCCCCCCCC(=O)NC(COP(=O)([O-])OCC[N+](C)(C)C)C(O)/C=C/CCCCCCCCCC. The fourth-order valence-electron chi connectivity index (χ4n) is 9.25. The Hall–Kier alpha value is -1.28. The smallest absolute Gasteiger partial charge is 0.268 e. The van der Waals surface area contributed by atoms with Crippen molar-refractivity contribution in [2.24, 2.45) is 0 Å². The van der Waals surface area contributed by atoms with Gasteiger partial charge in [0.25, 0.3) is 7.82 Å². The third-order valence-electron chi connectivity index (χ3n) is 14.1. The van der Waals surface area contributed by atoms with E-state index in [1.807, 2.05) is 27.2 Å². The first-order chi connectivity index (χ1) is 34.5. The van der Waals surface area contributed by atoms with Crippen LogP contribution in [0.4, 0.5) is 0 Å². The lowest BCUT2D eigenvalue weighted by Gasteiger charge is -2.29. The zero-order chi connectivity index (χ0) is 52.0. The largest absolute Gasteiger partial charge is 0.756 e. The van der Waals surface area contributed by atoms with Crippen LogP contribution in [0.5, 0.6) is 0 Å². The summed E-state index contributed by atoms with van der Waals surface area (Å²) in [4.78, 5) is 25.4. The maximum absolute atomic E-state index is 12.9. The number of hydrogen-bond donors (Lipinski definition) is 2. The van der Waals surface area contributed by atoms with Crippen LogP contribution in [0.25, 0.3) is 0 Å². The van der Waals surface area contributed by atoms with E-state index in [1.165, 1.54) is 238 Å². The van der Waals surface area contributed by atoms with Gasteiger partial charge in [0.05, 0.1) is 39.9 Å². The number of amides is 1. The van der Waals surface area contributed by atoms with Crippen molar-refractivity contribution >= 4 is 13.7 Å². The Bertz CT molecular complexity index is 1250. The molecule has 0 aliphatic carbocycles. The van der Waals surface area contributed by atoms with E-state index in [4.69, 9.17) is 9.05 Å². The molecule has 0 aromatic heterocycles. The van der Waals surface area contributed by atoms with Crippen molar-refractivity contribution in [2.75, 3.05) is 40.9 Å². The average Bonchev–Trinajstić information content (AvgIpc) is 3.33. The summed E-state index contributed by atoms with van der Waals surface area (Å²) in [6.07, 6.45) is 69.9. The third-order valence-corrected chi connectivity index (χ3v) is 15.1. The Kier molecular flexibility index (Phi) is 52.6. The first-order valence-corrected chi connectivity index (χ1v) is 32.3. The minimum absolute atomic E-state index is 0.000881. The molecule has 0 aliphatic rings. The number of hydrogen-bond acceptors (Lipinski definition) is 6. The van der Waals surface area contributed by atoms with Crippen LogP contribution in [0.1, 0.15) is 303 Å². The van der Waals surface area contributed by atoms with E-state index >= 15 is 0 Å². The van der Waals surface area contributed by atoms with E-state index in [0.717, 1.165) is 44.9 Å². The Morgan fingerprint density at radius 1 is 0.493 bits per heavy atom. The number of rotatable bonds is 57. The predicted octanol–water partition coefficient (Wildman–Crippen LogP) is 18.3. The molecular formula is C62H121N2O6P. The lowest BCUT2D eigenvalue weighted by Crippen LogP contribution is -2.45. The highest BCUT2D eigenvalue weighted by atomic mass is 31.2. The quantitative estimate of drug-likeness (QED) is 0.0272. The highest BCUT2D eigenvalue weighted by Crippen LogP contribution is 2.38. The molecule has 0 rings (SSSR count). The molecular weight excluding hydrogens is 900 g/mol. The summed E-state index contributed by atoms with van der Waals surface area (Å²) in [5.41, 5.74) is 0. The average molecular weight is 1020 g/mol. The standard InChI is InChI=1S/C62H121N2O6P/c1-6-8-10-12-14-16-18-19-20-21-22-23-24-25-26-27-28-29-30-31-32-33-34-35-36-37-38-39-40-41-42-43-44-45-46-48-50-52-54-56-62(66)63-60(59-70-71(67,68)69-58-57-64(3,4)5)61(65)55-53-51-49-47-17-15-13-11-9-7-2/h18-19,21-22,53,55,60-61,65H,6-17,20,23-52,54,56-59H2,1-5H3,(H-,63,66,67,68)/b19-18-,22-21-,55-53+. The molecule has 0 aromatic rings. The third kappa shape index (κ3) is 56.3. The van der Waals surface area contributed by atoms with Gasteiger partial charge in [0.2, 0.25) is 5.91 Å². The van der Waals surface area contributed by atoms with Crippen LogP contribution in [0.3, 0.4) is 0 Å². The van der Waals surface area contributed by atoms with Crippen LogP contribution in [0, 0.1) is 0 Å². The van der Waals surface area contributed by atoms with Crippen molar-refractivity contribution in [2.45, 2.75) is 315 Å². The number of carbonyl (C=O) groups is 1. The number of allylic oxidation sites excluding steroid dienone is 5. The maximum Gasteiger partial charge on any atom is 0.268 e. The number of quaternary nitrogens is 1. The van der Waals surface area contributed by atoms with Gasteiger partial charge in [0, 0.05) is 6.42 Å². The van der Waals surface area contributed by atoms with Gasteiger partial charge in [-0.25, -0.2) is 0 Å². The number of phosphoric acid groups is 1. The summed E-state index contributed by atoms with van der Waals surface area (Å²) in [5.74, 6) is -0.194. The van der Waals surface area contributed by atoms with Gasteiger partial charge in [0.15, 0.2) is 0 Å². The van der Waals surface area contributed by atoms with Gasteiger partial charge in [-0.3, -0.25) is 9.36 Å². The molecule has 0 saturated carbocycles. The van der Waals surface area contributed by atoms with Crippen LogP contribution >= 0.6 is 7.82 Å². The van der Waals surface area contributed by atoms with Crippen molar-refractivity contribution in [3.05, 3.63) is 36.5 Å². The Labute approximate surface area is 442 Å². The molecule has 0 saturated heterocycles. The summed E-state index contributed by atoms with van der Waals surface area (Å²) in [6.45, 7) is 4.64. The molecule has 0 bridgehead atoms. The van der Waals surface area contributed by atoms with E-state index in [9.17, 15) is 19.4 Å². The van der Waals surface area contributed by atoms with Gasteiger partial charge in [-0.2, -0.15) is 0 Å². The van der Waals surface area contributed by atoms with Gasteiger partial charge >= 0.3 is 0 Å². The molecule has 0 spiro atoms. The number of aliphatic hydroxyl groups is 1. The number of nitrogens with one attached hydrogen (secondary N) is 1. The van der Waals surface area contributed by atoms with E-state index in [0.29, 0.717) is 17.4 Å². The van der Waals surface area contributed by atoms with Crippen LogP contribution in [-0.2, 0) is 18.4 Å². The van der Waals surface area contributed by atoms with Crippen molar-refractivity contribution in [1.82, 2.24) is 5.32 Å². The Balaban J connectivity index is 3.80. The van der Waals surface area contributed by atoms with E-state index < -0.39 is 20.0 Å². The van der Waals surface area contributed by atoms with Crippen molar-refractivity contribution in [1.29, 1.82) is 0 Å². The molecule has 2 N–H and O–H groups in total. The molecule has 8 nitrogen and oxygen atoms in total. The van der Waals surface area contributed by atoms with Crippen molar-refractivity contribution < 1.29 is 32.9 Å². The summed E-state index contributed by atoms with van der Waals surface area (Å²) in [7, 11) is 1.27. The number of likely N-dealkylation sites (N-methyl/N-ethyl adjacent to an activating group) is 1. The fourth-order valence-corrected chi connectivity index (χ4v) is 9.97. The zero-order valence-corrected chi connectivity index (χ0v) is 48.8. The van der Waals surface area contributed by atoms with Crippen LogP contribution in [-0.4, -0.2) is 68.5 Å². The van der Waals surface area contributed by atoms with E-state index in [1.54, 1.807) is 6.08 Å². The highest BCUT2D eigenvalue weighted by molar-refractivity contribution is 7.45. The number of nitrogens with zero attached hydrogens (tertiary/aromatic N) is 1. The van der Waals surface area contributed by atoms with Crippen molar-refractivity contribution in [3.63, 3.8) is 0 Å². The Morgan fingerprint density at radius 3 is 1.17 bits per heavy atom. The molecule has 0 fully saturated rings. The van der Waals surface area contributed by atoms with Crippen molar-refractivity contribution in [3.8, 4) is 0 Å². The fraction of sp³-hybridized carbons (Fsp3) is 0.887. The molecule has 0 heterocycles. The van der Waals surface area contributed by atoms with E-state index in [-0.39, 0.29) is 19.1 Å². The molecule has 0 radical (unpaired) electrons. The summed E-state index contributed by atoms with van der Waals surface area (Å²) in [6, 6.07) is -0.882. The first kappa shape index (κ1) is 69.7. The van der Waals surface area contributed by atoms with Gasteiger partial charge < -0.3 is 28.8 Å². The monoisotopic (exact) mass is 1020 g/mol. The zero-order valence-electron chi connectivity index (χ0n) is 47.9. The van der Waals surface area contributed by atoms with Crippen LogP contribution < -0.4 is 10.2 Å². The second-order valence-electron chi connectivity index (χ2n) is 22.4. The molecule has 9 heteroatoms. The second kappa shape index (κ2) is 53.5. The molecule has 71 heavy (non-hydrogen) atoms. The van der Waals surface area contributed by atoms with Gasteiger partial charge in [0.1, 0.15) is 13.2 Å². The van der Waals surface area contributed by atoms with Gasteiger partial charge in [-0.15, -0.1) is 0 Å². The molecule has 0 aliphatic heterocycles. The molecule has 420 valence electrons. The van der Waals surface area contributed by atoms with Gasteiger partial charge in [-0.1, -0.05) is 281 Å². The number of phosphoric ester groups is 1. The van der Waals surface area contributed by atoms with Crippen LogP contribution in [0.15, 0.2) is 36.5 Å². The molecule has 0 aromatic carbocycles. The molecule has 1 amide bonds. The number of unbranched alkanes of at least 4 members (excludes halogenated alkanes) is 40. The summed E-state index contributed by atoms with van der Waals surface area (Å²) < 4.78 is 23.3. The normalized spacial score (nSPS) is 14.1. The minimum Gasteiger partial charge on any atom is -0.756 e. The topological polar surface area (TPSA) is 108 Å². The van der Waals surface area contributed by atoms with E-state index in [2.05, 4.69) is 43.5 Å². The summed E-state index contributed by atoms with van der Waals surface area (Å²) >= 11 is 0. The molecule has 3 unspecified atom stereocenters. The first-order valence-electron chi connectivity index (χ1n) is 30.9. The molecule has 3 atom stereocenters. The maximum atomic E-state index is 12.9. The minimum atomic E-state index is -4.59. The highest BCUT2D eigenvalue weighted by Gasteiger charge is 2.23. The summed E-state index contributed by atoms with van der Waals surface area (Å²) in [5, 5.41) is 13.8.